The Morgan fingerprint density at radius 3 is 2.59 bits per heavy atom. The third-order valence-corrected chi connectivity index (χ3v) is 6.52. The van der Waals surface area contributed by atoms with E-state index in [0.29, 0.717) is 28.6 Å². The molecule has 1 aromatic heterocycles. The summed E-state index contributed by atoms with van der Waals surface area (Å²) in [6.07, 6.45) is 2.08. The first kappa shape index (κ1) is 17.7. The number of anilines is 1. The van der Waals surface area contributed by atoms with E-state index in [2.05, 4.69) is 9.71 Å². The van der Waals surface area contributed by atoms with Gasteiger partial charge in [0.15, 0.2) is 5.78 Å². The number of aromatic amines is 1. The summed E-state index contributed by atoms with van der Waals surface area (Å²) in [6, 6.07) is 7.48. The largest absolute Gasteiger partial charge is 0.358 e. The van der Waals surface area contributed by atoms with Gasteiger partial charge >= 0.3 is 0 Å². The number of hydrogen-bond donors (Lipinski definition) is 2. The molecule has 0 saturated carbocycles. The number of aromatic nitrogens is 1. The van der Waals surface area contributed by atoms with Crippen LogP contribution in [0.15, 0.2) is 35.2 Å². The molecule has 0 fully saturated rings. The molecule has 0 spiro atoms. The number of ketones is 1. The van der Waals surface area contributed by atoms with E-state index >= 15 is 0 Å². The van der Waals surface area contributed by atoms with E-state index in [4.69, 9.17) is 0 Å². The number of aryl methyl sites for hydroxylation is 3. The average Bonchev–Trinajstić information content (AvgIpc) is 2.96. The molecule has 140 valence electrons. The summed E-state index contributed by atoms with van der Waals surface area (Å²) in [4.78, 5) is 15.6. The average molecular weight is 386 g/mol. The highest BCUT2D eigenvalue weighted by Gasteiger charge is 2.25. The molecule has 5 nitrogen and oxygen atoms in total. The smallest absolute Gasteiger partial charge is 0.262 e. The van der Waals surface area contributed by atoms with Crippen molar-refractivity contribution < 1.29 is 17.6 Å². The molecule has 0 aliphatic heterocycles. The quantitative estimate of drug-likeness (QED) is 0.706. The Labute approximate surface area is 156 Å². The molecule has 27 heavy (non-hydrogen) atoms. The number of carbonyl (C=O) groups is 1. The van der Waals surface area contributed by atoms with E-state index in [1.54, 1.807) is 26.0 Å². The number of benzene rings is 2. The summed E-state index contributed by atoms with van der Waals surface area (Å²) in [5.74, 6) is -0.385. The normalized spacial score (nSPS) is 14.4. The Balaban J connectivity index is 1.79. The van der Waals surface area contributed by atoms with Gasteiger partial charge in [0, 0.05) is 28.6 Å². The fourth-order valence-corrected chi connectivity index (χ4v) is 4.90. The molecule has 2 N–H and O–H groups in total. The number of Topliss-reactive ketones (excluding diaryl/α,β-unsaturated/α-hetero) is 1. The second-order valence-corrected chi connectivity index (χ2v) is 8.64. The minimum atomic E-state index is -3.90. The van der Waals surface area contributed by atoms with Crippen LogP contribution in [0.2, 0.25) is 0 Å². The van der Waals surface area contributed by atoms with Crippen LogP contribution < -0.4 is 4.72 Å². The van der Waals surface area contributed by atoms with Gasteiger partial charge in [0.1, 0.15) is 5.82 Å². The van der Waals surface area contributed by atoms with Crippen LogP contribution in [0.3, 0.4) is 0 Å². The summed E-state index contributed by atoms with van der Waals surface area (Å²) in [5, 5.41) is 0.757. The standard InChI is InChI=1S/C20H19FN2O3S/c1-11-6-7-13(9-15(11)21)23-27(25,26)19-10-17-14(8-12(19)2)20-16(22-17)4-3-5-18(20)24/h6-10,22-23H,3-5H2,1-2H3. The van der Waals surface area contributed by atoms with Crippen molar-refractivity contribution in [1.29, 1.82) is 0 Å². The van der Waals surface area contributed by atoms with Crippen LogP contribution in [0.1, 0.15) is 40.0 Å². The molecule has 4 rings (SSSR count). The summed E-state index contributed by atoms with van der Waals surface area (Å²) in [7, 11) is -3.90. The van der Waals surface area contributed by atoms with E-state index in [0.717, 1.165) is 30.0 Å². The molecule has 1 aliphatic carbocycles. The molecule has 0 bridgehead atoms. The number of carbonyl (C=O) groups excluding carboxylic acids is 1. The second-order valence-electron chi connectivity index (χ2n) is 6.99. The van der Waals surface area contributed by atoms with Crippen molar-refractivity contribution in [3.05, 3.63) is 58.5 Å². The highest BCUT2D eigenvalue weighted by molar-refractivity contribution is 7.92. The minimum absolute atomic E-state index is 0.0887. The predicted molar refractivity (Wildman–Crippen MR) is 102 cm³/mol. The first-order valence-electron chi connectivity index (χ1n) is 8.73. The zero-order chi connectivity index (χ0) is 19.3. The maximum Gasteiger partial charge on any atom is 0.262 e. The van der Waals surface area contributed by atoms with E-state index in [1.165, 1.54) is 12.1 Å². The third-order valence-electron chi connectivity index (χ3n) is 4.99. The first-order chi connectivity index (χ1) is 12.8. The van der Waals surface area contributed by atoms with Gasteiger partial charge in [-0.3, -0.25) is 9.52 Å². The van der Waals surface area contributed by atoms with Crippen LogP contribution >= 0.6 is 0 Å². The van der Waals surface area contributed by atoms with Crippen LogP contribution in [0.25, 0.3) is 10.9 Å². The molecule has 0 amide bonds. The number of halogens is 1. The Kier molecular flexibility index (Phi) is 4.07. The van der Waals surface area contributed by atoms with Crippen molar-refractivity contribution >= 4 is 32.4 Å². The van der Waals surface area contributed by atoms with Gasteiger partial charge in [0.2, 0.25) is 0 Å². The van der Waals surface area contributed by atoms with Crippen molar-refractivity contribution in [2.24, 2.45) is 0 Å². The molecule has 0 unspecified atom stereocenters. The molecule has 0 radical (unpaired) electrons. The second kappa shape index (κ2) is 6.20. The van der Waals surface area contributed by atoms with Crippen molar-refractivity contribution in [3.63, 3.8) is 0 Å². The highest BCUT2D eigenvalue weighted by atomic mass is 32.2. The van der Waals surface area contributed by atoms with Crippen molar-refractivity contribution in [2.45, 2.75) is 38.0 Å². The Hall–Kier alpha value is -2.67. The van der Waals surface area contributed by atoms with Gasteiger partial charge in [0.25, 0.3) is 10.0 Å². The fourth-order valence-electron chi connectivity index (χ4n) is 3.60. The number of H-pyrrole nitrogens is 1. The van der Waals surface area contributed by atoms with E-state index in [-0.39, 0.29) is 16.4 Å². The monoisotopic (exact) mass is 386 g/mol. The lowest BCUT2D eigenvalue weighted by molar-refractivity contribution is 0.0974. The van der Waals surface area contributed by atoms with Gasteiger partial charge in [-0.1, -0.05) is 6.07 Å². The SMILES string of the molecule is Cc1ccc(NS(=O)(=O)c2cc3[nH]c4c(c3cc2C)C(=O)CCC4)cc1F. The molecular formula is C20H19FN2O3S. The third kappa shape index (κ3) is 3.02. The van der Waals surface area contributed by atoms with Gasteiger partial charge in [-0.25, -0.2) is 12.8 Å². The van der Waals surface area contributed by atoms with Gasteiger partial charge in [-0.15, -0.1) is 0 Å². The first-order valence-corrected chi connectivity index (χ1v) is 10.2. The Bertz CT molecular complexity index is 1200. The number of rotatable bonds is 3. The highest BCUT2D eigenvalue weighted by Crippen LogP contribution is 2.32. The van der Waals surface area contributed by atoms with Crippen molar-refractivity contribution in [2.75, 3.05) is 4.72 Å². The lowest BCUT2D eigenvalue weighted by Crippen LogP contribution is -2.14. The van der Waals surface area contributed by atoms with Crippen LogP contribution in [-0.4, -0.2) is 19.2 Å². The van der Waals surface area contributed by atoms with Crippen molar-refractivity contribution in [1.82, 2.24) is 4.98 Å². The lowest BCUT2D eigenvalue weighted by atomic mass is 9.94. The maximum atomic E-state index is 13.7. The summed E-state index contributed by atoms with van der Waals surface area (Å²) in [6.45, 7) is 3.30. The summed E-state index contributed by atoms with van der Waals surface area (Å²) < 4.78 is 41.9. The molecule has 1 heterocycles. The summed E-state index contributed by atoms with van der Waals surface area (Å²) >= 11 is 0. The number of nitrogens with one attached hydrogen (secondary N) is 2. The van der Waals surface area contributed by atoms with Crippen LogP contribution in [-0.2, 0) is 16.4 Å². The zero-order valence-electron chi connectivity index (χ0n) is 15.0. The molecule has 3 aromatic rings. The number of sulfonamides is 1. The topological polar surface area (TPSA) is 79.0 Å². The van der Waals surface area contributed by atoms with E-state index < -0.39 is 15.8 Å². The van der Waals surface area contributed by atoms with Crippen LogP contribution in [0, 0.1) is 19.7 Å². The van der Waals surface area contributed by atoms with Gasteiger partial charge in [0.05, 0.1) is 10.6 Å². The predicted octanol–water partition coefficient (Wildman–Crippen LogP) is 4.24. The molecule has 0 atom stereocenters. The molecule has 2 aromatic carbocycles. The Morgan fingerprint density at radius 1 is 1.07 bits per heavy atom. The molecule has 1 aliphatic rings. The molecule has 7 heteroatoms. The van der Waals surface area contributed by atoms with Crippen molar-refractivity contribution in [3.8, 4) is 0 Å². The molecule has 0 saturated heterocycles. The zero-order valence-corrected chi connectivity index (χ0v) is 15.8. The minimum Gasteiger partial charge on any atom is -0.358 e. The number of fused-ring (bicyclic) bond motifs is 3. The Morgan fingerprint density at radius 2 is 1.85 bits per heavy atom. The van der Waals surface area contributed by atoms with Crippen LogP contribution in [0.4, 0.5) is 10.1 Å². The van der Waals surface area contributed by atoms with Gasteiger partial charge in [-0.2, -0.15) is 0 Å². The van der Waals surface area contributed by atoms with Gasteiger partial charge in [-0.05, 0) is 62.1 Å². The molecular weight excluding hydrogens is 367 g/mol. The van der Waals surface area contributed by atoms with E-state index in [9.17, 15) is 17.6 Å². The van der Waals surface area contributed by atoms with Crippen LogP contribution in [0.5, 0.6) is 0 Å². The number of hydrogen-bond acceptors (Lipinski definition) is 3. The summed E-state index contributed by atoms with van der Waals surface area (Å²) in [5.41, 5.74) is 3.30. The lowest BCUT2D eigenvalue weighted by Gasteiger charge is -2.12. The van der Waals surface area contributed by atoms with E-state index in [1.807, 2.05) is 0 Å². The maximum absolute atomic E-state index is 13.7. The van der Waals surface area contributed by atoms with Gasteiger partial charge < -0.3 is 4.98 Å². The fraction of sp³-hybridized carbons (Fsp3) is 0.250.